The molecule has 150 valence electrons. The van der Waals surface area contributed by atoms with Crippen LogP contribution in [0.25, 0.3) is 0 Å². The Balaban J connectivity index is 1.40. The molecule has 3 N–H and O–H groups in total. The molecule has 6 nitrogen and oxygen atoms in total. The summed E-state index contributed by atoms with van der Waals surface area (Å²) in [4.78, 5) is 9.41. The summed E-state index contributed by atoms with van der Waals surface area (Å²) in [6.45, 7) is 6.28. The molecule has 2 aliphatic heterocycles. The normalized spacial score (nSPS) is 20.2. The van der Waals surface area contributed by atoms with Gasteiger partial charge in [-0.3, -0.25) is 0 Å². The van der Waals surface area contributed by atoms with Crippen LogP contribution in [0.2, 0.25) is 0 Å². The zero-order valence-electron chi connectivity index (χ0n) is 16.5. The first-order valence-corrected chi connectivity index (χ1v) is 10.4. The van der Waals surface area contributed by atoms with Gasteiger partial charge < -0.3 is 25.6 Å². The Bertz CT molecular complexity index is 762. The van der Waals surface area contributed by atoms with Crippen LogP contribution < -0.4 is 20.9 Å². The fraction of sp³-hybridized carbons (Fsp3) is 0.500. The Morgan fingerprint density at radius 2 is 1.93 bits per heavy atom. The molecule has 6 heteroatoms. The van der Waals surface area contributed by atoms with Crippen molar-refractivity contribution in [2.75, 3.05) is 61.1 Å². The molecule has 28 heavy (non-hydrogen) atoms. The van der Waals surface area contributed by atoms with Crippen LogP contribution in [0.15, 0.2) is 42.6 Å². The summed E-state index contributed by atoms with van der Waals surface area (Å²) in [5.74, 6) is 0.965. The molecule has 0 saturated carbocycles. The third kappa shape index (κ3) is 4.75. The van der Waals surface area contributed by atoms with Crippen LogP contribution in [0.5, 0.6) is 0 Å². The Labute approximate surface area is 167 Å². The van der Waals surface area contributed by atoms with Gasteiger partial charge in [-0.25, -0.2) is 4.98 Å². The molecular formula is C22H31N5O. The van der Waals surface area contributed by atoms with Crippen molar-refractivity contribution in [3.8, 4) is 0 Å². The van der Waals surface area contributed by atoms with Crippen LogP contribution in [-0.2, 0) is 11.2 Å². The van der Waals surface area contributed by atoms with Crippen LogP contribution in [-0.4, -0.2) is 57.0 Å². The van der Waals surface area contributed by atoms with Gasteiger partial charge in [-0.05, 0) is 49.6 Å². The average molecular weight is 382 g/mol. The van der Waals surface area contributed by atoms with E-state index < -0.39 is 0 Å². The maximum atomic E-state index is 5.72. The molecule has 4 rings (SSSR count). The second kappa shape index (κ2) is 9.26. The number of nitrogens with two attached hydrogens (primary N) is 1. The monoisotopic (exact) mass is 381 g/mol. The molecule has 1 aromatic carbocycles. The third-order valence-electron chi connectivity index (χ3n) is 5.60. The van der Waals surface area contributed by atoms with E-state index in [-0.39, 0.29) is 0 Å². The average Bonchev–Trinajstić information content (AvgIpc) is 2.75. The highest BCUT2D eigenvalue weighted by Gasteiger charge is 2.21. The number of morpholine rings is 1. The first kappa shape index (κ1) is 19.0. The first-order chi connectivity index (χ1) is 13.8. The molecule has 2 saturated heterocycles. The number of aromatic nitrogens is 1. The predicted molar refractivity (Wildman–Crippen MR) is 115 cm³/mol. The zero-order valence-corrected chi connectivity index (χ0v) is 16.5. The van der Waals surface area contributed by atoms with Gasteiger partial charge in [0.05, 0.1) is 13.2 Å². The summed E-state index contributed by atoms with van der Waals surface area (Å²) in [7, 11) is 0. The van der Waals surface area contributed by atoms with Gasteiger partial charge in [-0.1, -0.05) is 12.1 Å². The summed E-state index contributed by atoms with van der Waals surface area (Å²) < 4.78 is 5.47. The van der Waals surface area contributed by atoms with Gasteiger partial charge in [0, 0.05) is 55.9 Å². The summed E-state index contributed by atoms with van der Waals surface area (Å²) in [6, 6.07) is 13.5. The Hall–Kier alpha value is -2.31. The second-order valence-corrected chi connectivity index (χ2v) is 7.64. The number of hydrogen-bond donors (Lipinski definition) is 2. The van der Waals surface area contributed by atoms with E-state index in [1.54, 1.807) is 0 Å². The lowest BCUT2D eigenvalue weighted by molar-refractivity contribution is 0.122. The van der Waals surface area contributed by atoms with E-state index in [9.17, 15) is 0 Å². The van der Waals surface area contributed by atoms with Crippen LogP contribution in [0.3, 0.4) is 0 Å². The van der Waals surface area contributed by atoms with Crippen LogP contribution >= 0.6 is 0 Å². The maximum Gasteiger partial charge on any atom is 0.128 e. The number of benzene rings is 1. The van der Waals surface area contributed by atoms with Crippen molar-refractivity contribution >= 4 is 17.2 Å². The topological polar surface area (TPSA) is 66.7 Å². The van der Waals surface area contributed by atoms with Crippen LogP contribution in [0.1, 0.15) is 18.4 Å². The molecule has 0 aliphatic carbocycles. The summed E-state index contributed by atoms with van der Waals surface area (Å²) in [6.07, 6.45) is 5.19. The van der Waals surface area contributed by atoms with Gasteiger partial charge >= 0.3 is 0 Å². The lowest BCUT2D eigenvalue weighted by Crippen LogP contribution is -2.42. The summed E-state index contributed by atoms with van der Waals surface area (Å²) in [5.41, 5.74) is 9.56. The molecule has 0 radical (unpaired) electrons. The number of nitrogens with zero attached hydrogens (tertiary/aromatic N) is 3. The Morgan fingerprint density at radius 1 is 1.07 bits per heavy atom. The summed E-state index contributed by atoms with van der Waals surface area (Å²) in [5, 5.41) is 3.67. The Kier molecular flexibility index (Phi) is 6.29. The van der Waals surface area contributed by atoms with Crippen molar-refractivity contribution in [2.24, 2.45) is 5.73 Å². The molecule has 0 spiro atoms. The first-order valence-electron chi connectivity index (χ1n) is 10.4. The van der Waals surface area contributed by atoms with Crippen molar-refractivity contribution < 1.29 is 4.74 Å². The molecular weight excluding hydrogens is 350 g/mol. The minimum atomic E-state index is 0.402. The van der Waals surface area contributed by atoms with Crippen molar-refractivity contribution in [2.45, 2.75) is 25.3 Å². The molecule has 2 aliphatic rings. The molecule has 2 fully saturated rings. The van der Waals surface area contributed by atoms with Gasteiger partial charge in [0.2, 0.25) is 0 Å². The van der Waals surface area contributed by atoms with Gasteiger partial charge in [0.15, 0.2) is 0 Å². The van der Waals surface area contributed by atoms with Gasteiger partial charge in [0.25, 0.3) is 0 Å². The highest BCUT2D eigenvalue weighted by atomic mass is 16.5. The van der Waals surface area contributed by atoms with E-state index in [1.165, 1.54) is 29.8 Å². The van der Waals surface area contributed by atoms with Gasteiger partial charge in [-0.15, -0.1) is 0 Å². The van der Waals surface area contributed by atoms with E-state index in [1.807, 2.05) is 6.20 Å². The van der Waals surface area contributed by atoms with Crippen molar-refractivity contribution in [3.05, 3.63) is 48.2 Å². The molecule has 1 aromatic heterocycles. The van der Waals surface area contributed by atoms with Crippen LogP contribution in [0.4, 0.5) is 17.2 Å². The van der Waals surface area contributed by atoms with Crippen LogP contribution in [0, 0.1) is 0 Å². The van der Waals surface area contributed by atoms with E-state index in [2.05, 4.69) is 56.5 Å². The Morgan fingerprint density at radius 3 is 2.79 bits per heavy atom. The van der Waals surface area contributed by atoms with E-state index >= 15 is 0 Å². The number of hydrogen-bond acceptors (Lipinski definition) is 6. The fourth-order valence-electron chi connectivity index (χ4n) is 4.13. The lowest BCUT2D eigenvalue weighted by Gasteiger charge is -2.35. The van der Waals surface area contributed by atoms with Crippen molar-refractivity contribution in [3.63, 3.8) is 0 Å². The highest BCUT2D eigenvalue weighted by Crippen LogP contribution is 2.24. The summed E-state index contributed by atoms with van der Waals surface area (Å²) >= 11 is 0. The maximum absolute atomic E-state index is 5.72. The fourth-order valence-corrected chi connectivity index (χ4v) is 4.13. The van der Waals surface area contributed by atoms with E-state index in [0.717, 1.165) is 51.6 Å². The lowest BCUT2D eigenvalue weighted by atomic mass is 10.0. The molecule has 3 heterocycles. The van der Waals surface area contributed by atoms with Gasteiger partial charge in [-0.2, -0.15) is 0 Å². The quantitative estimate of drug-likeness (QED) is 0.801. The molecule has 0 amide bonds. The number of piperidine rings is 1. The standard InChI is InChI=1S/C22H31N5O/c23-8-6-18-3-1-5-20(15-18)27-10-2-4-19(17-27)25-22-16-21(7-9-24-22)26-11-13-28-14-12-26/h1,3,5,7,9,15-16,19H,2,4,6,8,10-14,17,23H2,(H,24,25)/t19-/m1/s1. The third-order valence-corrected chi connectivity index (χ3v) is 5.60. The van der Waals surface area contributed by atoms with Gasteiger partial charge in [0.1, 0.15) is 5.82 Å². The van der Waals surface area contributed by atoms with E-state index in [4.69, 9.17) is 10.5 Å². The highest BCUT2D eigenvalue weighted by molar-refractivity contribution is 5.55. The number of ether oxygens (including phenoxy) is 1. The minimum Gasteiger partial charge on any atom is -0.378 e. The number of nitrogens with one attached hydrogen (secondary N) is 1. The number of anilines is 3. The number of rotatable bonds is 6. The smallest absolute Gasteiger partial charge is 0.128 e. The SMILES string of the molecule is NCCc1cccc(N2CCC[C@@H](Nc3cc(N4CCOCC4)ccn3)C2)c1. The van der Waals surface area contributed by atoms with Crippen molar-refractivity contribution in [1.29, 1.82) is 0 Å². The largest absolute Gasteiger partial charge is 0.378 e. The predicted octanol–water partition coefficient (Wildman–Crippen LogP) is 2.50. The minimum absolute atomic E-state index is 0.402. The molecule has 1 atom stereocenters. The van der Waals surface area contributed by atoms with Crippen molar-refractivity contribution in [1.82, 2.24) is 4.98 Å². The molecule has 0 unspecified atom stereocenters. The second-order valence-electron chi connectivity index (χ2n) is 7.64. The molecule has 0 bridgehead atoms. The zero-order chi connectivity index (χ0) is 19.2. The molecule has 2 aromatic rings. The van der Waals surface area contributed by atoms with E-state index in [0.29, 0.717) is 12.6 Å². The number of pyridine rings is 1.